The van der Waals surface area contributed by atoms with Crippen LogP contribution < -0.4 is 10.2 Å². The molecule has 0 spiro atoms. The molecule has 1 amide bonds. The molecular formula is C16H21N3OS. The number of thiazole rings is 1. The van der Waals surface area contributed by atoms with Crippen LogP contribution in [0.25, 0.3) is 0 Å². The van der Waals surface area contributed by atoms with Gasteiger partial charge in [-0.15, -0.1) is 11.3 Å². The summed E-state index contributed by atoms with van der Waals surface area (Å²) in [6.07, 6.45) is 0. The van der Waals surface area contributed by atoms with Gasteiger partial charge in [-0.25, -0.2) is 4.98 Å². The molecule has 21 heavy (non-hydrogen) atoms. The monoisotopic (exact) mass is 303 g/mol. The molecule has 0 fully saturated rings. The summed E-state index contributed by atoms with van der Waals surface area (Å²) < 4.78 is 0. The quantitative estimate of drug-likeness (QED) is 0.915. The summed E-state index contributed by atoms with van der Waals surface area (Å²) in [6.45, 7) is 9.00. The number of benzene rings is 1. The normalized spacial score (nSPS) is 10.5. The van der Waals surface area contributed by atoms with Gasteiger partial charge in [0.1, 0.15) is 0 Å². The number of anilines is 2. The average Bonchev–Trinajstić information content (AvgIpc) is 2.89. The molecule has 0 aliphatic rings. The van der Waals surface area contributed by atoms with Gasteiger partial charge in [0.25, 0.3) is 0 Å². The Hall–Kier alpha value is -1.88. The van der Waals surface area contributed by atoms with E-state index in [1.54, 1.807) is 11.8 Å². The van der Waals surface area contributed by atoms with Crippen molar-refractivity contribution in [3.8, 4) is 0 Å². The predicted molar refractivity (Wildman–Crippen MR) is 89.1 cm³/mol. The number of hydrogen-bond acceptors (Lipinski definition) is 4. The molecule has 0 saturated heterocycles. The summed E-state index contributed by atoms with van der Waals surface area (Å²) in [4.78, 5) is 17.7. The summed E-state index contributed by atoms with van der Waals surface area (Å²) in [5.74, 6) is 0.0286. The first-order valence-corrected chi connectivity index (χ1v) is 7.93. The Morgan fingerprint density at radius 1 is 1.38 bits per heavy atom. The number of nitrogens with zero attached hydrogens (tertiary/aromatic N) is 2. The fourth-order valence-electron chi connectivity index (χ4n) is 2.11. The third-order valence-electron chi connectivity index (χ3n) is 3.32. The van der Waals surface area contributed by atoms with Crippen molar-refractivity contribution in [2.75, 3.05) is 16.8 Å². The molecule has 1 N–H and O–H groups in total. The molecule has 0 saturated carbocycles. The molecule has 1 aromatic carbocycles. The van der Waals surface area contributed by atoms with Crippen LogP contribution >= 0.6 is 11.3 Å². The molecule has 0 aliphatic heterocycles. The smallest absolute Gasteiger partial charge is 0.225 e. The van der Waals surface area contributed by atoms with Crippen LogP contribution in [0.4, 0.5) is 10.8 Å². The highest BCUT2D eigenvalue weighted by Gasteiger charge is 2.13. The minimum Gasteiger partial charge on any atom is -0.379 e. The average molecular weight is 303 g/mol. The summed E-state index contributed by atoms with van der Waals surface area (Å²) in [7, 11) is 0. The highest BCUT2D eigenvalue weighted by Crippen LogP contribution is 2.22. The second kappa shape index (κ2) is 6.72. The van der Waals surface area contributed by atoms with Crippen molar-refractivity contribution >= 4 is 28.1 Å². The van der Waals surface area contributed by atoms with Crippen molar-refractivity contribution in [2.45, 2.75) is 34.2 Å². The van der Waals surface area contributed by atoms with Crippen molar-refractivity contribution in [3.63, 3.8) is 0 Å². The Kier molecular flexibility index (Phi) is 4.96. The Morgan fingerprint density at radius 2 is 2.14 bits per heavy atom. The van der Waals surface area contributed by atoms with Gasteiger partial charge in [-0.1, -0.05) is 12.1 Å². The lowest BCUT2D eigenvalue weighted by atomic mass is 10.1. The Labute approximate surface area is 129 Å². The van der Waals surface area contributed by atoms with Crippen LogP contribution in [0.2, 0.25) is 0 Å². The van der Waals surface area contributed by atoms with Gasteiger partial charge in [-0.2, -0.15) is 0 Å². The van der Waals surface area contributed by atoms with Crippen molar-refractivity contribution in [3.05, 3.63) is 40.4 Å². The maximum absolute atomic E-state index is 11.5. The molecule has 2 rings (SSSR count). The molecular weight excluding hydrogens is 282 g/mol. The lowest BCUT2D eigenvalue weighted by Gasteiger charge is -2.14. The molecule has 1 heterocycles. The van der Waals surface area contributed by atoms with E-state index in [0.29, 0.717) is 13.1 Å². The van der Waals surface area contributed by atoms with E-state index in [2.05, 4.69) is 42.3 Å². The molecule has 0 radical (unpaired) electrons. The van der Waals surface area contributed by atoms with Gasteiger partial charge in [-0.3, -0.25) is 9.69 Å². The number of amides is 1. The van der Waals surface area contributed by atoms with Crippen LogP contribution in [0, 0.1) is 13.8 Å². The molecule has 0 bridgehead atoms. The molecule has 5 heteroatoms. The van der Waals surface area contributed by atoms with Crippen molar-refractivity contribution in [2.24, 2.45) is 0 Å². The van der Waals surface area contributed by atoms with Crippen LogP contribution in [-0.4, -0.2) is 17.4 Å². The number of carbonyl (C=O) groups is 1. The lowest BCUT2D eigenvalue weighted by Crippen LogP contribution is -2.27. The van der Waals surface area contributed by atoms with Crippen molar-refractivity contribution in [1.29, 1.82) is 0 Å². The standard InChI is InChI=1S/C16H21N3OS/c1-5-19(13(4)20)16-18-14(10-21-16)9-17-15-8-11(2)6-7-12(15)3/h6-8,10,17H,5,9H2,1-4H3. The summed E-state index contributed by atoms with van der Waals surface area (Å²) >= 11 is 1.51. The number of hydrogen-bond donors (Lipinski definition) is 1. The van der Waals surface area contributed by atoms with E-state index in [9.17, 15) is 4.79 Å². The van der Waals surface area contributed by atoms with E-state index in [0.717, 1.165) is 16.5 Å². The third kappa shape index (κ3) is 3.82. The van der Waals surface area contributed by atoms with Gasteiger partial charge < -0.3 is 5.32 Å². The zero-order chi connectivity index (χ0) is 15.4. The molecule has 0 unspecified atom stereocenters. The fourth-order valence-corrected chi connectivity index (χ4v) is 3.04. The first kappa shape index (κ1) is 15.5. The van der Waals surface area contributed by atoms with Crippen molar-refractivity contribution < 1.29 is 4.79 Å². The number of aryl methyl sites for hydroxylation is 2. The van der Waals surface area contributed by atoms with Crippen LogP contribution in [0.3, 0.4) is 0 Å². The predicted octanol–water partition coefficient (Wildman–Crippen LogP) is 3.74. The van der Waals surface area contributed by atoms with Crippen LogP contribution in [-0.2, 0) is 11.3 Å². The topological polar surface area (TPSA) is 45.2 Å². The number of aromatic nitrogens is 1. The molecule has 0 atom stereocenters. The molecule has 4 nitrogen and oxygen atoms in total. The summed E-state index contributed by atoms with van der Waals surface area (Å²) in [5.41, 5.74) is 4.53. The van der Waals surface area contributed by atoms with E-state index in [1.807, 2.05) is 12.3 Å². The van der Waals surface area contributed by atoms with E-state index < -0.39 is 0 Å². The van der Waals surface area contributed by atoms with Crippen molar-refractivity contribution in [1.82, 2.24) is 4.98 Å². The second-order valence-electron chi connectivity index (χ2n) is 5.06. The minimum atomic E-state index is 0.0286. The van der Waals surface area contributed by atoms with E-state index in [-0.39, 0.29) is 5.91 Å². The van der Waals surface area contributed by atoms with E-state index in [4.69, 9.17) is 0 Å². The summed E-state index contributed by atoms with van der Waals surface area (Å²) in [5, 5.41) is 6.18. The summed E-state index contributed by atoms with van der Waals surface area (Å²) in [6, 6.07) is 6.35. The third-order valence-corrected chi connectivity index (χ3v) is 4.23. The van der Waals surface area contributed by atoms with Gasteiger partial charge >= 0.3 is 0 Å². The van der Waals surface area contributed by atoms with E-state index >= 15 is 0 Å². The lowest BCUT2D eigenvalue weighted by molar-refractivity contribution is -0.116. The Bertz CT molecular complexity index is 636. The number of rotatable bonds is 5. The van der Waals surface area contributed by atoms with Gasteiger partial charge in [0.15, 0.2) is 5.13 Å². The van der Waals surface area contributed by atoms with Crippen LogP contribution in [0.15, 0.2) is 23.6 Å². The van der Waals surface area contributed by atoms with E-state index in [1.165, 1.54) is 22.5 Å². The van der Waals surface area contributed by atoms with Crippen LogP contribution in [0.1, 0.15) is 30.7 Å². The highest BCUT2D eigenvalue weighted by atomic mass is 32.1. The zero-order valence-corrected chi connectivity index (χ0v) is 13.8. The van der Waals surface area contributed by atoms with Gasteiger partial charge in [0, 0.05) is 24.5 Å². The fraction of sp³-hybridized carbons (Fsp3) is 0.375. The van der Waals surface area contributed by atoms with Crippen LogP contribution in [0.5, 0.6) is 0 Å². The zero-order valence-electron chi connectivity index (χ0n) is 12.9. The highest BCUT2D eigenvalue weighted by molar-refractivity contribution is 7.14. The molecule has 112 valence electrons. The first-order chi connectivity index (χ1) is 10.0. The Balaban J connectivity index is 2.06. The van der Waals surface area contributed by atoms with Gasteiger partial charge in [-0.05, 0) is 38.0 Å². The maximum Gasteiger partial charge on any atom is 0.225 e. The SMILES string of the molecule is CCN(C(C)=O)c1nc(CNc2cc(C)ccc2C)cs1. The molecule has 2 aromatic rings. The molecule has 1 aromatic heterocycles. The largest absolute Gasteiger partial charge is 0.379 e. The van der Waals surface area contributed by atoms with Gasteiger partial charge in [0.05, 0.1) is 12.2 Å². The van der Waals surface area contributed by atoms with Gasteiger partial charge in [0.2, 0.25) is 5.91 Å². The minimum absolute atomic E-state index is 0.0286. The number of carbonyl (C=O) groups excluding carboxylic acids is 1. The maximum atomic E-state index is 11.5. The second-order valence-corrected chi connectivity index (χ2v) is 5.89. The first-order valence-electron chi connectivity index (χ1n) is 7.05. The number of nitrogens with one attached hydrogen (secondary N) is 1. The Morgan fingerprint density at radius 3 is 2.81 bits per heavy atom. The molecule has 0 aliphatic carbocycles.